The Morgan fingerprint density at radius 1 is 0.393 bits per heavy atom. The minimum atomic E-state index is -1.28. The second-order valence-electron chi connectivity index (χ2n) is 18.9. The van der Waals surface area contributed by atoms with E-state index in [1.807, 2.05) is 0 Å². The van der Waals surface area contributed by atoms with E-state index in [4.69, 9.17) is 0 Å². The molecule has 0 bridgehead atoms. The summed E-state index contributed by atoms with van der Waals surface area (Å²) in [6, 6.07) is -1.00. The molecule has 0 saturated carbocycles. The molecule has 61 heavy (non-hydrogen) atoms. The summed E-state index contributed by atoms with van der Waals surface area (Å²) in [6.07, 6.45) is 59.6. The molecule has 4 unspecified atom stereocenters. The largest absolute Gasteiger partial charge is 0.394 e. The summed E-state index contributed by atoms with van der Waals surface area (Å²) in [5.74, 6) is -0.596. The molecule has 0 heterocycles. The normalized spacial score (nSPS) is 14.0. The average Bonchev–Trinajstić information content (AvgIpc) is 3.26. The van der Waals surface area contributed by atoms with Crippen LogP contribution in [0.15, 0.2) is 24.3 Å². The lowest BCUT2D eigenvalue weighted by Crippen LogP contribution is -2.53. The van der Waals surface area contributed by atoms with Gasteiger partial charge in [0.05, 0.1) is 18.8 Å². The van der Waals surface area contributed by atoms with Crippen LogP contribution < -0.4 is 5.32 Å². The van der Waals surface area contributed by atoms with Crippen molar-refractivity contribution in [2.45, 2.75) is 314 Å². The highest BCUT2D eigenvalue weighted by atomic mass is 16.3. The van der Waals surface area contributed by atoms with Gasteiger partial charge in [-0.15, -0.1) is 0 Å². The van der Waals surface area contributed by atoms with Crippen molar-refractivity contribution >= 4 is 5.91 Å². The topological polar surface area (TPSA) is 110 Å². The first-order valence-electron chi connectivity index (χ1n) is 27.2. The van der Waals surface area contributed by atoms with E-state index in [9.17, 15) is 25.2 Å². The van der Waals surface area contributed by atoms with Gasteiger partial charge in [-0.1, -0.05) is 250 Å². The Hall–Kier alpha value is -1.21. The van der Waals surface area contributed by atoms with E-state index in [2.05, 4.69) is 43.5 Å². The number of unbranched alkanes of at least 4 members (excludes halogenated alkanes) is 37. The van der Waals surface area contributed by atoms with E-state index in [1.54, 1.807) is 0 Å². The van der Waals surface area contributed by atoms with Crippen molar-refractivity contribution in [1.29, 1.82) is 0 Å². The SMILES string of the molecule is CCCCCCCC/C=C\CCCCCCCCC(O)C(=O)NC(CO)C(O)C(O)CCC/C=C/CCCCCCCCCCCCCCCCCCCCCCCCCC. The molecule has 0 fully saturated rings. The van der Waals surface area contributed by atoms with Crippen molar-refractivity contribution in [3.8, 4) is 0 Å². The van der Waals surface area contributed by atoms with Gasteiger partial charge >= 0.3 is 0 Å². The fourth-order valence-corrected chi connectivity index (χ4v) is 8.58. The molecular formula is C55H107NO5. The molecule has 0 aromatic heterocycles. The van der Waals surface area contributed by atoms with Crippen molar-refractivity contribution in [1.82, 2.24) is 5.32 Å². The molecule has 5 N–H and O–H groups in total. The zero-order valence-corrected chi connectivity index (χ0v) is 40.9. The first kappa shape index (κ1) is 59.8. The van der Waals surface area contributed by atoms with Gasteiger partial charge in [-0.2, -0.15) is 0 Å². The number of aliphatic hydroxyl groups is 4. The van der Waals surface area contributed by atoms with Gasteiger partial charge in [-0.3, -0.25) is 4.79 Å². The minimum absolute atomic E-state index is 0.357. The van der Waals surface area contributed by atoms with Crippen LogP contribution in [0.4, 0.5) is 0 Å². The van der Waals surface area contributed by atoms with Gasteiger partial charge < -0.3 is 25.7 Å². The summed E-state index contributed by atoms with van der Waals surface area (Å²) >= 11 is 0. The fraction of sp³-hybridized carbons (Fsp3) is 0.909. The summed E-state index contributed by atoms with van der Waals surface area (Å²) in [5.41, 5.74) is 0. The number of rotatable bonds is 50. The molecule has 4 atom stereocenters. The van der Waals surface area contributed by atoms with E-state index in [0.717, 1.165) is 44.9 Å². The Labute approximate surface area is 380 Å². The number of allylic oxidation sites excluding steroid dienone is 4. The smallest absolute Gasteiger partial charge is 0.249 e. The maximum Gasteiger partial charge on any atom is 0.249 e. The second kappa shape index (κ2) is 49.8. The zero-order valence-electron chi connectivity index (χ0n) is 40.9. The first-order valence-corrected chi connectivity index (χ1v) is 27.2. The lowest BCUT2D eigenvalue weighted by Gasteiger charge is -2.27. The number of carbonyl (C=O) groups is 1. The molecule has 6 nitrogen and oxygen atoms in total. The van der Waals surface area contributed by atoms with E-state index >= 15 is 0 Å². The molecular weight excluding hydrogens is 755 g/mol. The van der Waals surface area contributed by atoms with E-state index in [-0.39, 0.29) is 0 Å². The predicted molar refractivity (Wildman–Crippen MR) is 265 cm³/mol. The van der Waals surface area contributed by atoms with Crippen molar-refractivity contribution in [2.75, 3.05) is 6.61 Å². The Bertz CT molecular complexity index is 924. The maximum atomic E-state index is 12.5. The maximum absolute atomic E-state index is 12.5. The van der Waals surface area contributed by atoms with Crippen molar-refractivity contribution < 1.29 is 25.2 Å². The van der Waals surface area contributed by atoms with Crippen LogP contribution in [0, 0.1) is 0 Å². The van der Waals surface area contributed by atoms with Gasteiger partial charge in [-0.05, 0) is 64.2 Å². The molecule has 6 heteroatoms. The Balaban J connectivity index is 3.63. The lowest BCUT2D eigenvalue weighted by atomic mass is 10.00. The van der Waals surface area contributed by atoms with Crippen LogP contribution >= 0.6 is 0 Å². The third kappa shape index (κ3) is 43.8. The Kier molecular flexibility index (Phi) is 48.8. The van der Waals surface area contributed by atoms with Crippen LogP contribution in [0.3, 0.4) is 0 Å². The number of carbonyl (C=O) groups excluding carboxylic acids is 1. The predicted octanol–water partition coefficient (Wildman–Crippen LogP) is 15.5. The molecule has 0 aliphatic heterocycles. The first-order chi connectivity index (χ1) is 30.0. The minimum Gasteiger partial charge on any atom is -0.394 e. The third-order valence-corrected chi connectivity index (χ3v) is 12.9. The van der Waals surface area contributed by atoms with Crippen molar-refractivity contribution in [2.24, 2.45) is 0 Å². The van der Waals surface area contributed by atoms with Crippen molar-refractivity contribution in [3.05, 3.63) is 24.3 Å². The Morgan fingerprint density at radius 2 is 0.672 bits per heavy atom. The summed E-state index contributed by atoms with van der Waals surface area (Å²) in [4.78, 5) is 12.5. The Morgan fingerprint density at radius 3 is 0.984 bits per heavy atom. The molecule has 0 radical (unpaired) electrons. The molecule has 0 aliphatic rings. The van der Waals surface area contributed by atoms with Gasteiger partial charge in [0.25, 0.3) is 0 Å². The highest BCUT2D eigenvalue weighted by molar-refractivity contribution is 5.80. The molecule has 0 rings (SSSR count). The van der Waals surface area contributed by atoms with Crippen LogP contribution in [-0.4, -0.2) is 57.3 Å². The molecule has 0 spiro atoms. The molecule has 1 amide bonds. The van der Waals surface area contributed by atoms with Crippen LogP contribution in [-0.2, 0) is 4.79 Å². The second-order valence-corrected chi connectivity index (χ2v) is 18.9. The van der Waals surface area contributed by atoms with E-state index in [1.165, 1.54) is 218 Å². The summed E-state index contributed by atoms with van der Waals surface area (Å²) in [6.45, 7) is 4.06. The van der Waals surface area contributed by atoms with Gasteiger partial charge in [0.1, 0.15) is 12.2 Å². The standard InChI is InChI=1S/C55H107NO5/c1-3-5-7-9-11-13-15-17-19-21-22-23-24-25-26-27-28-29-30-31-32-33-35-36-38-40-42-44-46-48-52(58)54(60)51(50-57)56-55(61)53(59)49-47-45-43-41-39-37-34-20-18-16-14-12-10-8-6-4-2/h18,20,40,42,51-54,57-60H,3-17,19,21-39,41,43-50H2,1-2H3,(H,56,61)/b20-18-,42-40+. The van der Waals surface area contributed by atoms with Gasteiger partial charge in [0.2, 0.25) is 5.91 Å². The highest BCUT2D eigenvalue weighted by Crippen LogP contribution is 2.17. The third-order valence-electron chi connectivity index (χ3n) is 12.9. The average molecular weight is 862 g/mol. The number of hydrogen-bond acceptors (Lipinski definition) is 5. The van der Waals surface area contributed by atoms with E-state index < -0.39 is 36.9 Å². The van der Waals surface area contributed by atoms with Crippen LogP contribution in [0.2, 0.25) is 0 Å². The van der Waals surface area contributed by atoms with Crippen LogP contribution in [0.25, 0.3) is 0 Å². The lowest BCUT2D eigenvalue weighted by molar-refractivity contribution is -0.132. The summed E-state index contributed by atoms with van der Waals surface area (Å²) in [5, 5.41) is 43.9. The van der Waals surface area contributed by atoms with Crippen LogP contribution in [0.5, 0.6) is 0 Å². The molecule has 0 aromatic rings. The number of nitrogens with one attached hydrogen (secondary N) is 1. The quantitative estimate of drug-likeness (QED) is 0.0309. The number of amides is 1. The van der Waals surface area contributed by atoms with Gasteiger partial charge in [-0.25, -0.2) is 0 Å². The zero-order chi connectivity index (χ0) is 44.5. The van der Waals surface area contributed by atoms with Gasteiger partial charge in [0, 0.05) is 0 Å². The van der Waals surface area contributed by atoms with Gasteiger partial charge in [0.15, 0.2) is 0 Å². The number of hydrogen-bond donors (Lipinski definition) is 5. The highest BCUT2D eigenvalue weighted by Gasteiger charge is 2.28. The molecule has 362 valence electrons. The van der Waals surface area contributed by atoms with Crippen molar-refractivity contribution in [3.63, 3.8) is 0 Å². The summed E-state index contributed by atoms with van der Waals surface area (Å²) in [7, 11) is 0. The van der Waals surface area contributed by atoms with E-state index in [0.29, 0.717) is 12.8 Å². The summed E-state index contributed by atoms with van der Waals surface area (Å²) < 4.78 is 0. The number of aliphatic hydroxyl groups excluding tert-OH is 4. The molecule has 0 aliphatic carbocycles. The monoisotopic (exact) mass is 862 g/mol. The van der Waals surface area contributed by atoms with Crippen LogP contribution in [0.1, 0.15) is 290 Å². The molecule has 0 saturated heterocycles. The molecule has 0 aromatic carbocycles. The fourth-order valence-electron chi connectivity index (χ4n) is 8.58.